The van der Waals surface area contributed by atoms with Crippen LogP contribution < -0.4 is 16.4 Å². The van der Waals surface area contributed by atoms with E-state index in [0.717, 1.165) is 0 Å². The summed E-state index contributed by atoms with van der Waals surface area (Å²) in [6, 6.07) is 10.4. The predicted octanol–water partition coefficient (Wildman–Crippen LogP) is -0.166. The average molecular weight is 243 g/mol. The Kier molecular flexibility index (Phi) is 3.09. The molecule has 7 heteroatoms. The first-order valence-electron chi connectivity index (χ1n) is 5.63. The van der Waals surface area contributed by atoms with Crippen LogP contribution in [-0.2, 0) is 0 Å². The van der Waals surface area contributed by atoms with Gasteiger partial charge in [0.15, 0.2) is 0 Å². The zero-order valence-electron chi connectivity index (χ0n) is 9.56. The molecule has 2 heterocycles. The van der Waals surface area contributed by atoms with Crippen LogP contribution in [0.1, 0.15) is 11.6 Å². The number of aromatic nitrogens is 3. The third-order valence-electron chi connectivity index (χ3n) is 2.75. The van der Waals surface area contributed by atoms with Crippen molar-refractivity contribution in [2.45, 2.75) is 12.1 Å². The summed E-state index contributed by atoms with van der Waals surface area (Å²) in [5.41, 5.74) is 10.4. The van der Waals surface area contributed by atoms with Crippen molar-refractivity contribution >= 4 is 6.21 Å². The van der Waals surface area contributed by atoms with E-state index >= 15 is 0 Å². The van der Waals surface area contributed by atoms with Gasteiger partial charge in [-0.15, -0.1) is 10.2 Å². The largest absolute Gasteiger partial charge is 0.235 e. The van der Waals surface area contributed by atoms with E-state index in [0.29, 0.717) is 0 Å². The number of hydrogen-bond donors (Lipinski definition) is 3. The van der Waals surface area contributed by atoms with E-state index in [1.807, 2.05) is 24.4 Å². The summed E-state index contributed by atoms with van der Waals surface area (Å²) >= 11 is 0. The number of hydrogen-bond acceptors (Lipinski definition) is 6. The molecule has 1 aliphatic rings. The first kappa shape index (κ1) is 11.0. The predicted molar refractivity (Wildman–Crippen MR) is 66.3 cm³/mol. The molecule has 1 saturated heterocycles. The van der Waals surface area contributed by atoms with Crippen molar-refractivity contribution in [2.24, 2.45) is 5.10 Å². The highest BCUT2D eigenvalue weighted by atomic mass is 15.7. The van der Waals surface area contributed by atoms with Gasteiger partial charge in [0.2, 0.25) is 0 Å². The van der Waals surface area contributed by atoms with Crippen molar-refractivity contribution in [1.29, 1.82) is 0 Å². The van der Waals surface area contributed by atoms with Gasteiger partial charge < -0.3 is 0 Å². The van der Waals surface area contributed by atoms with E-state index in [2.05, 4.69) is 43.8 Å². The molecule has 92 valence electrons. The molecule has 2 aromatic rings. The zero-order valence-corrected chi connectivity index (χ0v) is 9.56. The second-order valence-corrected chi connectivity index (χ2v) is 3.93. The lowest BCUT2D eigenvalue weighted by atomic mass is 10.0. The topological polar surface area (TPSA) is 79.2 Å². The third kappa shape index (κ3) is 2.28. The molecule has 3 rings (SSSR count). The van der Waals surface area contributed by atoms with E-state index in [-0.39, 0.29) is 12.1 Å². The van der Waals surface area contributed by atoms with Gasteiger partial charge in [0.25, 0.3) is 0 Å². The molecule has 2 unspecified atom stereocenters. The Morgan fingerprint density at radius 1 is 1.11 bits per heavy atom. The molecule has 0 bridgehead atoms. The summed E-state index contributed by atoms with van der Waals surface area (Å²) in [7, 11) is 0. The molecule has 0 saturated carbocycles. The summed E-state index contributed by atoms with van der Waals surface area (Å²) < 4.78 is 1.56. The number of nitrogens with zero attached hydrogens (tertiary/aromatic N) is 4. The van der Waals surface area contributed by atoms with Crippen LogP contribution >= 0.6 is 0 Å². The van der Waals surface area contributed by atoms with Gasteiger partial charge in [-0.1, -0.05) is 30.3 Å². The Labute approximate surface area is 104 Å². The van der Waals surface area contributed by atoms with E-state index in [4.69, 9.17) is 0 Å². The van der Waals surface area contributed by atoms with E-state index in [9.17, 15) is 0 Å². The molecule has 3 N–H and O–H groups in total. The van der Waals surface area contributed by atoms with Crippen LogP contribution in [0.15, 0.2) is 48.1 Å². The Bertz CT molecular complexity index is 507. The van der Waals surface area contributed by atoms with Gasteiger partial charge in [-0.2, -0.15) is 10.6 Å². The number of rotatable bonds is 3. The van der Waals surface area contributed by atoms with Gasteiger partial charge in [-0.3, -0.25) is 0 Å². The molecule has 1 aromatic heterocycles. The average Bonchev–Trinajstić information content (AvgIpc) is 3.09. The Morgan fingerprint density at radius 3 is 2.67 bits per heavy atom. The standard InChI is InChI=1S/C11H13N7/c1-2-4-9(5-3-1)11-10(15-17-16-11)6-14-18-7-12-13-8-18/h1-8,10-11,15-17H/b14-6+. The molecule has 1 aliphatic heterocycles. The summed E-state index contributed by atoms with van der Waals surface area (Å²) in [5, 5.41) is 11.6. The molecule has 0 radical (unpaired) electrons. The second kappa shape index (κ2) is 5.05. The Balaban J connectivity index is 1.76. The maximum Gasteiger partial charge on any atom is 0.141 e. The quantitative estimate of drug-likeness (QED) is 0.653. The molecule has 7 nitrogen and oxygen atoms in total. The van der Waals surface area contributed by atoms with Crippen molar-refractivity contribution in [3.05, 3.63) is 48.5 Å². The van der Waals surface area contributed by atoms with Gasteiger partial charge >= 0.3 is 0 Å². The zero-order chi connectivity index (χ0) is 12.2. The molecule has 0 amide bonds. The van der Waals surface area contributed by atoms with Crippen LogP contribution in [0.25, 0.3) is 0 Å². The maximum absolute atomic E-state index is 4.25. The van der Waals surface area contributed by atoms with Crippen molar-refractivity contribution < 1.29 is 0 Å². The summed E-state index contributed by atoms with van der Waals surface area (Å²) in [4.78, 5) is 0. The van der Waals surface area contributed by atoms with Crippen molar-refractivity contribution in [3.63, 3.8) is 0 Å². The fraction of sp³-hybridized carbons (Fsp3) is 0.182. The highest BCUT2D eigenvalue weighted by molar-refractivity contribution is 5.66. The van der Waals surface area contributed by atoms with Gasteiger partial charge in [0, 0.05) is 6.21 Å². The lowest BCUT2D eigenvalue weighted by molar-refractivity contribution is 0.555. The minimum atomic E-state index is 0.0507. The van der Waals surface area contributed by atoms with Gasteiger partial charge in [0.05, 0.1) is 12.1 Å². The first-order valence-corrected chi connectivity index (χ1v) is 5.63. The summed E-state index contributed by atoms with van der Waals surface area (Å²) in [6.45, 7) is 0. The second-order valence-electron chi connectivity index (χ2n) is 3.93. The van der Waals surface area contributed by atoms with Crippen LogP contribution in [0.2, 0.25) is 0 Å². The maximum atomic E-state index is 4.25. The monoisotopic (exact) mass is 243 g/mol. The van der Waals surface area contributed by atoms with E-state index in [1.54, 1.807) is 17.3 Å². The van der Waals surface area contributed by atoms with Gasteiger partial charge in [-0.25, -0.2) is 15.5 Å². The van der Waals surface area contributed by atoms with E-state index < -0.39 is 0 Å². The highest BCUT2D eigenvalue weighted by Crippen LogP contribution is 2.17. The lowest BCUT2D eigenvalue weighted by Gasteiger charge is -2.13. The van der Waals surface area contributed by atoms with Crippen LogP contribution in [-0.4, -0.2) is 27.1 Å². The summed E-state index contributed by atoms with van der Waals surface area (Å²) in [6.07, 6.45) is 4.90. The molecular weight excluding hydrogens is 230 g/mol. The van der Waals surface area contributed by atoms with Crippen LogP contribution in [0.4, 0.5) is 0 Å². The number of benzene rings is 1. The SMILES string of the molecule is C(=N\n1cnnc1)/C1NNNC1c1ccccc1. The van der Waals surface area contributed by atoms with Crippen LogP contribution in [0.3, 0.4) is 0 Å². The highest BCUT2D eigenvalue weighted by Gasteiger charge is 2.26. The van der Waals surface area contributed by atoms with E-state index in [1.165, 1.54) is 5.56 Å². The minimum Gasteiger partial charge on any atom is -0.235 e. The minimum absolute atomic E-state index is 0.0507. The Hall–Kier alpha value is -2.09. The fourth-order valence-corrected chi connectivity index (χ4v) is 1.85. The van der Waals surface area contributed by atoms with Crippen LogP contribution in [0, 0.1) is 0 Å². The smallest absolute Gasteiger partial charge is 0.141 e. The molecule has 18 heavy (non-hydrogen) atoms. The lowest BCUT2D eigenvalue weighted by Crippen LogP contribution is -2.34. The number of nitrogens with one attached hydrogen (secondary N) is 3. The number of hydrazine groups is 2. The van der Waals surface area contributed by atoms with Crippen molar-refractivity contribution in [3.8, 4) is 0 Å². The van der Waals surface area contributed by atoms with Crippen molar-refractivity contribution in [2.75, 3.05) is 0 Å². The molecule has 2 atom stereocenters. The van der Waals surface area contributed by atoms with Gasteiger partial charge in [0.1, 0.15) is 12.7 Å². The fourth-order valence-electron chi connectivity index (χ4n) is 1.85. The molecular formula is C11H13N7. The molecule has 0 aliphatic carbocycles. The normalized spacial score (nSPS) is 23.8. The van der Waals surface area contributed by atoms with Crippen molar-refractivity contribution in [1.82, 2.24) is 31.3 Å². The Morgan fingerprint density at radius 2 is 1.89 bits per heavy atom. The molecule has 0 spiro atoms. The van der Waals surface area contributed by atoms with Crippen LogP contribution in [0.5, 0.6) is 0 Å². The summed E-state index contributed by atoms with van der Waals surface area (Å²) in [5.74, 6) is 0. The third-order valence-corrected chi connectivity index (χ3v) is 2.75. The first-order chi connectivity index (χ1) is 8.93. The molecule has 1 aromatic carbocycles. The molecule has 1 fully saturated rings. The van der Waals surface area contributed by atoms with Gasteiger partial charge in [-0.05, 0) is 5.56 Å².